The molecule has 5 heteroatoms. The second kappa shape index (κ2) is 7.87. The van der Waals surface area contributed by atoms with Crippen molar-refractivity contribution in [1.82, 2.24) is 5.32 Å². The number of aliphatic carboxylic acids is 1. The van der Waals surface area contributed by atoms with E-state index >= 15 is 0 Å². The molecule has 0 spiro atoms. The van der Waals surface area contributed by atoms with Crippen molar-refractivity contribution >= 4 is 11.9 Å². The Kier molecular flexibility index (Phi) is 7.20. The first-order valence-electron chi connectivity index (χ1n) is 5.28. The Morgan fingerprint density at radius 3 is 2.50 bits per heavy atom. The Bertz CT molecular complexity index is 261. The highest BCUT2D eigenvalue weighted by molar-refractivity contribution is 5.79. The summed E-state index contributed by atoms with van der Waals surface area (Å²) in [6, 6.07) is -0.404. The van der Waals surface area contributed by atoms with E-state index in [1.807, 2.05) is 13.8 Å². The molecule has 0 rings (SSSR count). The van der Waals surface area contributed by atoms with Gasteiger partial charge in [0, 0.05) is 12.6 Å². The van der Waals surface area contributed by atoms with Crippen LogP contribution < -0.4 is 5.32 Å². The van der Waals surface area contributed by atoms with Crippen LogP contribution >= 0.6 is 0 Å². The summed E-state index contributed by atoms with van der Waals surface area (Å²) in [5.41, 5.74) is 0. The molecule has 16 heavy (non-hydrogen) atoms. The first-order valence-corrected chi connectivity index (χ1v) is 5.28. The minimum absolute atomic E-state index is 0.0947. The summed E-state index contributed by atoms with van der Waals surface area (Å²) >= 11 is 0. The van der Waals surface area contributed by atoms with Crippen LogP contribution in [0, 0.1) is 5.92 Å². The number of hydrogen-bond acceptors (Lipinski definition) is 4. The van der Waals surface area contributed by atoms with Crippen LogP contribution in [-0.4, -0.2) is 36.2 Å². The van der Waals surface area contributed by atoms with Gasteiger partial charge in [-0.05, 0) is 12.8 Å². The van der Waals surface area contributed by atoms with Gasteiger partial charge >= 0.3 is 11.9 Å². The van der Waals surface area contributed by atoms with Gasteiger partial charge in [0.1, 0.15) is 6.04 Å². The van der Waals surface area contributed by atoms with Crippen LogP contribution in [-0.2, 0) is 14.3 Å². The third-order valence-electron chi connectivity index (χ3n) is 1.92. The molecule has 5 nitrogen and oxygen atoms in total. The van der Waals surface area contributed by atoms with Gasteiger partial charge in [0.25, 0.3) is 0 Å². The normalized spacial score (nSPS) is 13.0. The number of carbonyl (C=O) groups is 2. The van der Waals surface area contributed by atoms with Gasteiger partial charge in [-0.1, -0.05) is 19.9 Å². The van der Waals surface area contributed by atoms with Crippen molar-refractivity contribution in [3.63, 3.8) is 0 Å². The van der Waals surface area contributed by atoms with E-state index in [-0.39, 0.29) is 11.9 Å². The van der Waals surface area contributed by atoms with Crippen LogP contribution in [0.15, 0.2) is 12.2 Å². The van der Waals surface area contributed by atoms with Gasteiger partial charge in [-0.3, -0.25) is 4.79 Å². The van der Waals surface area contributed by atoms with Crippen molar-refractivity contribution in [2.45, 2.75) is 26.8 Å². The molecule has 0 amide bonds. The predicted octanol–water partition coefficient (Wildman–Crippen LogP) is 0.804. The predicted molar refractivity (Wildman–Crippen MR) is 60.0 cm³/mol. The lowest BCUT2D eigenvalue weighted by Gasteiger charge is -2.19. The number of rotatable bonds is 7. The minimum Gasteiger partial charge on any atom is -0.478 e. The molecule has 0 bridgehead atoms. The van der Waals surface area contributed by atoms with Crippen molar-refractivity contribution in [2.75, 3.05) is 13.2 Å². The highest BCUT2D eigenvalue weighted by Gasteiger charge is 2.21. The largest absolute Gasteiger partial charge is 0.478 e. The van der Waals surface area contributed by atoms with E-state index in [1.54, 1.807) is 6.92 Å². The molecule has 0 saturated carbocycles. The highest BCUT2D eigenvalue weighted by atomic mass is 16.5. The third-order valence-corrected chi connectivity index (χ3v) is 1.92. The summed E-state index contributed by atoms with van der Waals surface area (Å²) in [5, 5.41) is 11.3. The maximum absolute atomic E-state index is 11.5. The molecule has 2 N–H and O–H groups in total. The first-order chi connectivity index (χ1) is 7.49. The van der Waals surface area contributed by atoms with E-state index < -0.39 is 12.0 Å². The fraction of sp³-hybridized carbons (Fsp3) is 0.636. The highest BCUT2D eigenvalue weighted by Crippen LogP contribution is 2.03. The zero-order valence-electron chi connectivity index (χ0n) is 9.90. The molecule has 0 aliphatic rings. The van der Waals surface area contributed by atoms with Gasteiger partial charge in [-0.2, -0.15) is 0 Å². The zero-order chi connectivity index (χ0) is 12.6. The number of nitrogens with one attached hydrogen (secondary N) is 1. The standard InChI is InChI=1S/C11H19NO4/c1-4-16-11(15)10(8(2)3)12-7-5-6-9(13)14/h5-6,8,10,12H,4,7H2,1-3H3,(H,13,14)/b6-5+/t10-/m0/s1. The summed E-state index contributed by atoms with van der Waals surface area (Å²) in [5.74, 6) is -1.21. The van der Waals surface area contributed by atoms with Crippen molar-refractivity contribution in [3.05, 3.63) is 12.2 Å². The number of carbonyl (C=O) groups excluding carboxylic acids is 1. The average Bonchev–Trinajstić information content (AvgIpc) is 2.16. The minimum atomic E-state index is -1.00. The molecule has 0 aromatic carbocycles. The van der Waals surface area contributed by atoms with Crippen LogP contribution in [0.2, 0.25) is 0 Å². The quantitative estimate of drug-likeness (QED) is 0.499. The maximum atomic E-state index is 11.5. The van der Waals surface area contributed by atoms with E-state index in [2.05, 4.69) is 5.32 Å². The molecule has 0 saturated heterocycles. The molecule has 0 radical (unpaired) electrons. The fourth-order valence-corrected chi connectivity index (χ4v) is 1.18. The van der Waals surface area contributed by atoms with E-state index in [4.69, 9.17) is 9.84 Å². The van der Waals surface area contributed by atoms with E-state index in [1.165, 1.54) is 6.08 Å². The smallest absolute Gasteiger partial charge is 0.328 e. The number of carboxylic acid groups (broad SMARTS) is 1. The van der Waals surface area contributed by atoms with Crippen molar-refractivity contribution < 1.29 is 19.4 Å². The third kappa shape index (κ3) is 6.19. The SMILES string of the molecule is CCOC(=O)[C@@H](NC/C=C/C(=O)O)C(C)C. The molecule has 0 aliphatic heterocycles. The van der Waals surface area contributed by atoms with Crippen molar-refractivity contribution in [3.8, 4) is 0 Å². The van der Waals surface area contributed by atoms with Crippen LogP contribution in [0.25, 0.3) is 0 Å². The molecule has 92 valence electrons. The van der Waals surface area contributed by atoms with Gasteiger partial charge in [-0.15, -0.1) is 0 Å². The summed E-state index contributed by atoms with van der Waals surface area (Å²) in [6.07, 6.45) is 2.49. The summed E-state index contributed by atoms with van der Waals surface area (Å²) < 4.78 is 4.90. The second-order valence-electron chi connectivity index (χ2n) is 3.62. The van der Waals surface area contributed by atoms with E-state index in [9.17, 15) is 9.59 Å². The molecule has 0 heterocycles. The Balaban J connectivity index is 4.14. The lowest BCUT2D eigenvalue weighted by Crippen LogP contribution is -2.42. The van der Waals surface area contributed by atoms with E-state index in [0.29, 0.717) is 13.2 Å². The van der Waals surface area contributed by atoms with Gasteiger partial charge in [-0.25, -0.2) is 4.79 Å². The van der Waals surface area contributed by atoms with Gasteiger partial charge in [0.05, 0.1) is 6.61 Å². The van der Waals surface area contributed by atoms with E-state index in [0.717, 1.165) is 6.08 Å². The summed E-state index contributed by atoms with van der Waals surface area (Å²) in [7, 11) is 0. The second-order valence-corrected chi connectivity index (χ2v) is 3.62. The molecule has 1 atom stereocenters. The first kappa shape index (κ1) is 14.6. The monoisotopic (exact) mass is 229 g/mol. The number of hydrogen-bond donors (Lipinski definition) is 2. The van der Waals surface area contributed by atoms with Gasteiger partial charge in [0.15, 0.2) is 0 Å². The lowest BCUT2D eigenvalue weighted by molar-refractivity contribution is -0.146. The van der Waals surface area contributed by atoms with Crippen LogP contribution in [0.3, 0.4) is 0 Å². The summed E-state index contributed by atoms with van der Waals surface area (Å²) in [6.45, 7) is 6.22. The summed E-state index contributed by atoms with van der Waals surface area (Å²) in [4.78, 5) is 21.7. The molecule has 0 aliphatic carbocycles. The molecular formula is C11H19NO4. The van der Waals surface area contributed by atoms with Crippen molar-refractivity contribution in [2.24, 2.45) is 5.92 Å². The molecule has 0 aromatic rings. The Labute approximate surface area is 95.5 Å². The molecule has 0 aromatic heterocycles. The number of carboxylic acids is 1. The number of esters is 1. The number of ether oxygens (including phenoxy) is 1. The fourth-order valence-electron chi connectivity index (χ4n) is 1.18. The maximum Gasteiger partial charge on any atom is 0.328 e. The zero-order valence-corrected chi connectivity index (χ0v) is 9.90. The van der Waals surface area contributed by atoms with Crippen LogP contribution in [0.5, 0.6) is 0 Å². The van der Waals surface area contributed by atoms with Gasteiger partial charge < -0.3 is 15.2 Å². The topological polar surface area (TPSA) is 75.6 Å². The van der Waals surface area contributed by atoms with Crippen LogP contribution in [0.4, 0.5) is 0 Å². The molecule has 0 fully saturated rings. The Morgan fingerprint density at radius 1 is 1.44 bits per heavy atom. The average molecular weight is 229 g/mol. The van der Waals surface area contributed by atoms with Crippen molar-refractivity contribution in [1.29, 1.82) is 0 Å². The lowest BCUT2D eigenvalue weighted by atomic mass is 10.0. The Morgan fingerprint density at radius 2 is 2.06 bits per heavy atom. The molecular weight excluding hydrogens is 210 g/mol. The Hall–Kier alpha value is -1.36. The van der Waals surface area contributed by atoms with Crippen LogP contribution in [0.1, 0.15) is 20.8 Å². The van der Waals surface area contributed by atoms with Gasteiger partial charge in [0.2, 0.25) is 0 Å². The molecule has 0 unspecified atom stereocenters.